The normalized spacial score (nSPS) is 24.6. The van der Waals surface area contributed by atoms with Gasteiger partial charge in [-0.25, -0.2) is 0 Å². The molecule has 3 rings (SSSR count). The van der Waals surface area contributed by atoms with E-state index in [0.717, 1.165) is 25.0 Å². The molecule has 2 aliphatic rings. The summed E-state index contributed by atoms with van der Waals surface area (Å²) >= 11 is 0. The van der Waals surface area contributed by atoms with E-state index in [9.17, 15) is 22.8 Å². The smallest absolute Gasteiger partial charge is 0.354 e. The molecule has 5 nitrogen and oxygen atoms in total. The standard InChI is InChI=1S/C19H24F3N3O2/c1-25-16(26)9-8-14(18(27)24-10-15(23)11-2-3-11)17(25)12-4-6-13(7-5-12)19(20,21)22/h4-7,11,14-15,17H,2-3,8-10,23H2,1H3,(H,24,27). The van der Waals surface area contributed by atoms with Crippen LogP contribution in [0.25, 0.3) is 0 Å². The highest BCUT2D eigenvalue weighted by atomic mass is 19.4. The second kappa shape index (κ2) is 7.50. The number of nitrogens with two attached hydrogens (primary N) is 1. The third-order valence-electron chi connectivity index (χ3n) is 5.52. The summed E-state index contributed by atoms with van der Waals surface area (Å²) in [5.74, 6) is -0.406. The second-order valence-electron chi connectivity index (χ2n) is 7.46. The van der Waals surface area contributed by atoms with Crippen molar-refractivity contribution in [2.45, 2.75) is 43.9 Å². The van der Waals surface area contributed by atoms with Crippen molar-refractivity contribution in [1.29, 1.82) is 0 Å². The first-order valence-corrected chi connectivity index (χ1v) is 9.14. The van der Waals surface area contributed by atoms with E-state index in [1.165, 1.54) is 17.0 Å². The van der Waals surface area contributed by atoms with Crippen LogP contribution in [0.4, 0.5) is 13.2 Å². The predicted octanol–water partition coefficient (Wildman–Crippen LogP) is 2.47. The van der Waals surface area contributed by atoms with Gasteiger partial charge in [-0.15, -0.1) is 0 Å². The number of amides is 2. The first kappa shape index (κ1) is 19.7. The molecule has 2 fully saturated rings. The number of likely N-dealkylation sites (tertiary alicyclic amines) is 1. The van der Waals surface area contributed by atoms with Crippen molar-refractivity contribution in [3.8, 4) is 0 Å². The molecule has 8 heteroatoms. The molecule has 1 heterocycles. The summed E-state index contributed by atoms with van der Waals surface area (Å²) in [6, 6.07) is 3.99. The van der Waals surface area contributed by atoms with Crippen LogP contribution in [-0.2, 0) is 15.8 Å². The maximum atomic E-state index is 12.8. The highest BCUT2D eigenvalue weighted by Crippen LogP contribution is 2.37. The Morgan fingerprint density at radius 2 is 1.89 bits per heavy atom. The number of carbonyl (C=O) groups excluding carboxylic acids is 2. The summed E-state index contributed by atoms with van der Waals surface area (Å²) in [4.78, 5) is 26.3. The van der Waals surface area contributed by atoms with Crippen LogP contribution < -0.4 is 11.1 Å². The fourth-order valence-electron chi connectivity index (χ4n) is 3.68. The number of halogens is 3. The Morgan fingerprint density at radius 3 is 2.44 bits per heavy atom. The average molecular weight is 383 g/mol. The van der Waals surface area contributed by atoms with Gasteiger partial charge in [-0.2, -0.15) is 13.2 Å². The number of carbonyl (C=O) groups is 2. The number of piperidine rings is 1. The van der Waals surface area contributed by atoms with E-state index in [0.29, 0.717) is 24.4 Å². The fraction of sp³-hybridized carbons (Fsp3) is 0.579. The first-order valence-electron chi connectivity index (χ1n) is 9.14. The van der Waals surface area contributed by atoms with Crippen molar-refractivity contribution >= 4 is 11.8 Å². The molecule has 3 unspecified atom stereocenters. The third kappa shape index (κ3) is 4.43. The summed E-state index contributed by atoms with van der Waals surface area (Å²) in [5.41, 5.74) is 5.79. The average Bonchev–Trinajstić information content (AvgIpc) is 3.46. The quantitative estimate of drug-likeness (QED) is 0.820. The Balaban J connectivity index is 1.77. The van der Waals surface area contributed by atoms with Crippen LogP contribution in [0.15, 0.2) is 24.3 Å². The van der Waals surface area contributed by atoms with Gasteiger partial charge in [0.2, 0.25) is 11.8 Å². The van der Waals surface area contributed by atoms with Crippen molar-refractivity contribution in [2.75, 3.05) is 13.6 Å². The molecule has 0 aromatic heterocycles. The molecular formula is C19H24F3N3O2. The van der Waals surface area contributed by atoms with Crippen molar-refractivity contribution < 1.29 is 22.8 Å². The van der Waals surface area contributed by atoms with Crippen molar-refractivity contribution in [1.82, 2.24) is 10.2 Å². The van der Waals surface area contributed by atoms with Crippen LogP contribution in [0.3, 0.4) is 0 Å². The fourth-order valence-corrected chi connectivity index (χ4v) is 3.68. The van der Waals surface area contributed by atoms with Crippen molar-refractivity contribution in [3.05, 3.63) is 35.4 Å². The minimum Gasteiger partial charge on any atom is -0.354 e. The largest absolute Gasteiger partial charge is 0.416 e. The Bertz CT molecular complexity index is 701. The Morgan fingerprint density at radius 1 is 1.26 bits per heavy atom. The van der Waals surface area contributed by atoms with E-state index in [1.54, 1.807) is 7.05 Å². The van der Waals surface area contributed by atoms with Gasteiger partial charge in [0.25, 0.3) is 0 Å². The number of benzene rings is 1. The molecule has 0 spiro atoms. The van der Waals surface area contributed by atoms with Gasteiger partial charge in [-0.1, -0.05) is 12.1 Å². The summed E-state index contributed by atoms with van der Waals surface area (Å²) in [6.45, 7) is 0.372. The maximum absolute atomic E-state index is 12.8. The lowest BCUT2D eigenvalue weighted by Gasteiger charge is -2.38. The number of nitrogens with one attached hydrogen (secondary N) is 1. The van der Waals surface area contributed by atoms with Crippen LogP contribution in [0, 0.1) is 11.8 Å². The lowest BCUT2D eigenvalue weighted by atomic mass is 9.83. The molecule has 1 aromatic carbocycles. The van der Waals surface area contributed by atoms with Gasteiger partial charge in [0.1, 0.15) is 0 Å². The lowest BCUT2D eigenvalue weighted by Crippen LogP contribution is -2.48. The third-order valence-corrected chi connectivity index (χ3v) is 5.52. The Labute approximate surface area is 156 Å². The predicted molar refractivity (Wildman–Crippen MR) is 93.4 cm³/mol. The lowest BCUT2D eigenvalue weighted by molar-refractivity contribution is -0.142. The summed E-state index contributed by atoms with van der Waals surface area (Å²) in [5, 5.41) is 2.86. The molecule has 2 amide bonds. The number of hydrogen-bond donors (Lipinski definition) is 2. The monoisotopic (exact) mass is 383 g/mol. The molecule has 1 aliphatic heterocycles. The summed E-state index contributed by atoms with van der Waals surface area (Å²) in [6.07, 6.45) is -1.68. The molecule has 1 aliphatic carbocycles. The molecule has 3 atom stereocenters. The van der Waals surface area contributed by atoms with Gasteiger partial charge in [0.05, 0.1) is 17.5 Å². The highest BCUT2D eigenvalue weighted by molar-refractivity contribution is 5.84. The zero-order valence-corrected chi connectivity index (χ0v) is 15.1. The molecule has 1 aromatic rings. The highest BCUT2D eigenvalue weighted by Gasteiger charge is 2.40. The Hall–Kier alpha value is -2.09. The van der Waals surface area contributed by atoms with E-state index in [2.05, 4.69) is 5.32 Å². The molecule has 27 heavy (non-hydrogen) atoms. The van der Waals surface area contributed by atoms with Gasteiger partial charge in [0, 0.05) is 26.1 Å². The van der Waals surface area contributed by atoms with Gasteiger partial charge >= 0.3 is 6.18 Å². The summed E-state index contributed by atoms with van der Waals surface area (Å²) in [7, 11) is 1.58. The molecular weight excluding hydrogens is 359 g/mol. The topological polar surface area (TPSA) is 75.4 Å². The van der Waals surface area contributed by atoms with E-state index in [1.807, 2.05) is 0 Å². The molecule has 148 valence electrons. The van der Waals surface area contributed by atoms with Gasteiger partial charge in [0.15, 0.2) is 0 Å². The van der Waals surface area contributed by atoms with Crippen LogP contribution in [0.5, 0.6) is 0 Å². The van der Waals surface area contributed by atoms with Crippen LogP contribution in [0.2, 0.25) is 0 Å². The minimum absolute atomic E-state index is 0.0820. The second-order valence-corrected chi connectivity index (χ2v) is 7.46. The van der Waals surface area contributed by atoms with Crippen LogP contribution >= 0.6 is 0 Å². The van der Waals surface area contributed by atoms with E-state index < -0.39 is 23.7 Å². The number of alkyl halides is 3. The molecule has 1 saturated carbocycles. The first-order chi connectivity index (χ1) is 12.7. The molecule has 3 N–H and O–H groups in total. The SMILES string of the molecule is CN1C(=O)CCC(C(=O)NCC(N)C2CC2)C1c1ccc(C(F)(F)F)cc1. The molecule has 1 saturated heterocycles. The van der Waals surface area contributed by atoms with Crippen LogP contribution in [-0.4, -0.2) is 36.3 Å². The van der Waals surface area contributed by atoms with Gasteiger partial charge in [-0.3, -0.25) is 9.59 Å². The zero-order valence-electron chi connectivity index (χ0n) is 15.1. The molecule has 0 radical (unpaired) electrons. The van der Waals surface area contributed by atoms with Gasteiger partial charge < -0.3 is 16.0 Å². The van der Waals surface area contributed by atoms with E-state index in [4.69, 9.17) is 5.73 Å². The minimum atomic E-state index is -4.43. The maximum Gasteiger partial charge on any atom is 0.416 e. The van der Waals surface area contributed by atoms with E-state index >= 15 is 0 Å². The number of nitrogens with zero attached hydrogens (tertiary/aromatic N) is 1. The van der Waals surface area contributed by atoms with Crippen LogP contribution in [0.1, 0.15) is 42.9 Å². The van der Waals surface area contributed by atoms with Crippen molar-refractivity contribution in [3.63, 3.8) is 0 Å². The van der Waals surface area contributed by atoms with Crippen molar-refractivity contribution in [2.24, 2.45) is 17.6 Å². The van der Waals surface area contributed by atoms with E-state index in [-0.39, 0.29) is 24.3 Å². The zero-order chi connectivity index (χ0) is 19.8. The number of rotatable bonds is 5. The Kier molecular flexibility index (Phi) is 5.46. The number of hydrogen-bond acceptors (Lipinski definition) is 3. The van der Waals surface area contributed by atoms with Gasteiger partial charge in [-0.05, 0) is 42.9 Å². The summed E-state index contributed by atoms with van der Waals surface area (Å²) < 4.78 is 38.4. The molecule has 0 bridgehead atoms.